The standard InChI is InChI=1S/C44H50N4O5/c1-2-3-4-7-30(49)24-31(50)10-8-28-9-15-40-41(22-28)53-43-37(44(19-21-52-40)17-5-6-18-44)13-14-39(51)33-11-12-34-32(16-20-46-42(34)45)35(33)23-29-25-47-38-27-48(43)26-36(29)38/h9,11-12,15,22,25-26,30,37,39,42-43,46,49,51H,2-8,10,16-18,20,23-24,27,45H2,1H3/p+1/t30-,37-,39+,42+,43+/m1/s1. The number of aliphatic hydroxyl groups is 2. The Morgan fingerprint density at radius 1 is 1.13 bits per heavy atom. The van der Waals surface area contributed by atoms with E-state index >= 15 is 0 Å². The number of ketones is 1. The quantitative estimate of drug-likeness (QED) is 0.194. The molecule has 2 bridgehead atoms. The van der Waals surface area contributed by atoms with Gasteiger partial charge in [-0.15, -0.1) is 0 Å². The zero-order valence-corrected chi connectivity index (χ0v) is 30.7. The summed E-state index contributed by atoms with van der Waals surface area (Å²) in [6.07, 6.45) is 15.0. The summed E-state index contributed by atoms with van der Waals surface area (Å²) in [6.45, 7) is 3.55. The van der Waals surface area contributed by atoms with Crippen molar-refractivity contribution in [2.75, 3.05) is 13.1 Å². The fraction of sp³-hybridized carbons (Fsp3) is 0.500. The second kappa shape index (κ2) is 15.3. The van der Waals surface area contributed by atoms with E-state index in [0.29, 0.717) is 43.7 Å². The average molecular weight is 716 g/mol. The monoisotopic (exact) mass is 715 g/mol. The first-order valence-electron chi connectivity index (χ1n) is 19.7. The van der Waals surface area contributed by atoms with Crippen LogP contribution in [0, 0.1) is 35.2 Å². The Kier molecular flexibility index (Phi) is 10.3. The first-order chi connectivity index (χ1) is 25.8. The molecule has 2 aromatic carbocycles. The van der Waals surface area contributed by atoms with Gasteiger partial charge >= 0.3 is 0 Å². The molecule has 6 N–H and O–H groups in total. The summed E-state index contributed by atoms with van der Waals surface area (Å²) < 4.78 is 13.3. The summed E-state index contributed by atoms with van der Waals surface area (Å²) in [6, 6.07) is 9.85. The molecule has 53 heavy (non-hydrogen) atoms. The van der Waals surface area contributed by atoms with E-state index in [1.165, 1.54) is 5.56 Å². The lowest BCUT2D eigenvalue weighted by Crippen LogP contribution is -3.13. The predicted molar refractivity (Wildman–Crippen MR) is 203 cm³/mol. The zero-order chi connectivity index (χ0) is 36.5. The number of Topliss-reactive ketones (excluding diaryl/α,β-unsaturated/α-hetero) is 1. The molecule has 6 aliphatic rings. The number of aliphatic imine (C=N–C) groups is 1. The molecule has 1 fully saturated rings. The van der Waals surface area contributed by atoms with E-state index in [1.807, 2.05) is 36.5 Å². The molecule has 1 unspecified atom stereocenters. The molecule has 0 radical (unpaired) electrons. The lowest BCUT2D eigenvalue weighted by Gasteiger charge is -2.36. The highest BCUT2D eigenvalue weighted by Gasteiger charge is 2.51. The molecular weight excluding hydrogens is 665 g/mol. The van der Waals surface area contributed by atoms with E-state index in [4.69, 9.17) is 20.2 Å². The molecule has 1 aliphatic carbocycles. The average Bonchev–Trinajstić information content (AvgIpc) is 3.89. The van der Waals surface area contributed by atoms with Gasteiger partial charge in [-0.05, 0) is 77.6 Å². The van der Waals surface area contributed by atoms with Crippen molar-refractivity contribution in [1.29, 1.82) is 0 Å². The molecule has 9 heteroatoms. The fourth-order valence-electron chi connectivity index (χ4n) is 9.20. The number of nitrogens with zero attached hydrogens (tertiary/aromatic N) is 1. The van der Waals surface area contributed by atoms with E-state index < -0.39 is 23.9 Å². The summed E-state index contributed by atoms with van der Waals surface area (Å²) in [4.78, 5) is 18.9. The van der Waals surface area contributed by atoms with Crippen LogP contribution < -0.4 is 25.4 Å². The lowest BCUT2D eigenvalue weighted by molar-refractivity contribution is -0.888. The molecule has 276 valence electrons. The molecule has 0 aromatic heterocycles. The number of carbonyl (C=O) groups excluding carboxylic acids is 1. The van der Waals surface area contributed by atoms with Gasteiger partial charge in [-0.25, -0.2) is 0 Å². The number of quaternary nitrogens is 1. The minimum atomic E-state index is -1.00. The van der Waals surface area contributed by atoms with Crippen LogP contribution in [0.5, 0.6) is 11.5 Å². The maximum atomic E-state index is 12.8. The van der Waals surface area contributed by atoms with E-state index in [2.05, 4.69) is 42.3 Å². The van der Waals surface area contributed by atoms with E-state index in [1.54, 1.807) is 0 Å². The fourth-order valence-corrected chi connectivity index (χ4v) is 9.20. The van der Waals surface area contributed by atoms with Crippen molar-refractivity contribution in [1.82, 2.24) is 5.32 Å². The van der Waals surface area contributed by atoms with E-state index in [-0.39, 0.29) is 24.3 Å². The van der Waals surface area contributed by atoms with Crippen LogP contribution in [0.25, 0.3) is 0 Å². The molecule has 2 aromatic rings. The van der Waals surface area contributed by atoms with Crippen LogP contribution in [0.4, 0.5) is 0 Å². The van der Waals surface area contributed by atoms with E-state index in [0.717, 1.165) is 102 Å². The summed E-state index contributed by atoms with van der Waals surface area (Å²) in [7, 11) is 0. The van der Waals surface area contributed by atoms with Crippen molar-refractivity contribution in [3.63, 3.8) is 0 Å². The zero-order valence-electron chi connectivity index (χ0n) is 30.7. The first kappa shape index (κ1) is 35.8. The summed E-state index contributed by atoms with van der Waals surface area (Å²) in [5.74, 6) is 11.3. The number of unbranched alkanes of at least 4 members (excludes halogenated alkanes) is 2. The molecule has 1 spiro atoms. The molecular formula is C44H51N4O5+. The molecule has 0 amide bonds. The highest BCUT2D eigenvalue weighted by molar-refractivity contribution is 6.08. The minimum Gasteiger partial charge on any atom is -0.437 e. The van der Waals surface area contributed by atoms with Crippen molar-refractivity contribution in [3.05, 3.63) is 81.7 Å². The molecule has 0 saturated heterocycles. The maximum absolute atomic E-state index is 12.8. The molecule has 5 heterocycles. The van der Waals surface area contributed by atoms with Crippen LogP contribution in [0.15, 0.2) is 58.9 Å². The van der Waals surface area contributed by atoms with Gasteiger partial charge < -0.3 is 25.4 Å². The number of nitrogens with one attached hydrogen (secondary N) is 2. The topological polar surface area (TPSA) is 131 Å². The number of ether oxygens (including phenoxy) is 2. The maximum Gasteiger partial charge on any atom is 0.252 e. The largest absolute Gasteiger partial charge is 0.437 e. The SMILES string of the molecule is CCCCC[C@@H](O)CC(=O)CCc1ccc2c(c1)O[C@H]1[C@@H](C#C[C@H](O)c3ccc4c(c3CC3=CN=C5C[NH+]1C=C35)CCN[C@@H]4N)C1(C#CO2)CCCC1. The summed E-state index contributed by atoms with van der Waals surface area (Å²) >= 11 is 0. The first-order valence-corrected chi connectivity index (χ1v) is 19.7. The van der Waals surface area contributed by atoms with Crippen LogP contribution in [0.3, 0.4) is 0 Å². The number of carbonyl (C=O) groups is 1. The van der Waals surface area contributed by atoms with Gasteiger partial charge in [0.15, 0.2) is 11.5 Å². The van der Waals surface area contributed by atoms with Gasteiger partial charge in [0, 0.05) is 32.0 Å². The van der Waals surface area contributed by atoms with Gasteiger partial charge in [-0.1, -0.05) is 75.0 Å². The van der Waals surface area contributed by atoms with Gasteiger partial charge in [-0.2, -0.15) is 0 Å². The number of hydrogen-bond donors (Lipinski definition) is 5. The number of benzene rings is 2. The van der Waals surface area contributed by atoms with E-state index in [9.17, 15) is 15.0 Å². The summed E-state index contributed by atoms with van der Waals surface area (Å²) in [5.41, 5.74) is 14.4. The number of rotatable bonds is 9. The Bertz CT molecular complexity index is 1990. The van der Waals surface area contributed by atoms with Gasteiger partial charge in [-0.3, -0.25) is 20.0 Å². The number of fused-ring (bicyclic) bond motifs is 8. The second-order valence-corrected chi connectivity index (χ2v) is 15.7. The van der Waals surface area contributed by atoms with Crippen molar-refractivity contribution >= 4 is 11.5 Å². The van der Waals surface area contributed by atoms with Gasteiger partial charge in [0.2, 0.25) is 0 Å². The number of aryl methyl sites for hydroxylation is 1. The van der Waals surface area contributed by atoms with Crippen molar-refractivity contribution in [2.24, 2.45) is 22.1 Å². The predicted octanol–water partition coefficient (Wildman–Crippen LogP) is 4.27. The molecule has 5 aliphatic heterocycles. The Hall–Kier alpha value is -4.22. The minimum absolute atomic E-state index is 0.0582. The number of aliphatic hydroxyl groups excluding tert-OH is 2. The second-order valence-electron chi connectivity index (χ2n) is 15.7. The van der Waals surface area contributed by atoms with Crippen LogP contribution in [0.1, 0.15) is 111 Å². The molecule has 1 saturated carbocycles. The van der Waals surface area contributed by atoms with Crippen molar-refractivity contribution in [3.8, 4) is 35.4 Å². The Balaban J connectivity index is 1.15. The normalized spacial score (nSPS) is 26.6. The van der Waals surface area contributed by atoms with Gasteiger partial charge in [0.05, 0.1) is 23.3 Å². The smallest absolute Gasteiger partial charge is 0.252 e. The van der Waals surface area contributed by atoms with Crippen LogP contribution >= 0.6 is 0 Å². The van der Waals surface area contributed by atoms with Crippen LogP contribution in [-0.2, 0) is 24.1 Å². The molecule has 6 atom stereocenters. The Labute approximate surface area is 312 Å². The highest BCUT2D eigenvalue weighted by atomic mass is 16.5. The molecule has 8 rings (SSSR count). The van der Waals surface area contributed by atoms with Gasteiger partial charge in [0.1, 0.15) is 42.4 Å². The number of allylic oxidation sites excluding steroid dienone is 1. The van der Waals surface area contributed by atoms with Crippen molar-refractivity contribution in [2.45, 2.75) is 115 Å². The van der Waals surface area contributed by atoms with Crippen LogP contribution in [0.2, 0.25) is 0 Å². The third-order valence-electron chi connectivity index (χ3n) is 12.1. The highest BCUT2D eigenvalue weighted by Crippen LogP contribution is 2.47. The Morgan fingerprint density at radius 3 is 2.83 bits per heavy atom. The van der Waals surface area contributed by atoms with Crippen molar-refractivity contribution < 1.29 is 29.4 Å². The lowest BCUT2D eigenvalue weighted by atomic mass is 9.73. The van der Waals surface area contributed by atoms with Crippen LogP contribution in [-0.4, -0.2) is 47.1 Å². The Morgan fingerprint density at radius 2 is 1.98 bits per heavy atom. The molecule has 9 nitrogen and oxygen atoms in total. The third-order valence-corrected chi connectivity index (χ3v) is 12.1. The summed E-state index contributed by atoms with van der Waals surface area (Å²) in [5, 5.41) is 25.7. The number of nitrogens with two attached hydrogens (primary N) is 1. The third kappa shape index (κ3) is 7.22. The van der Waals surface area contributed by atoms with Gasteiger partial charge in [0.25, 0.3) is 6.23 Å². The number of hydrogen-bond acceptors (Lipinski definition) is 8.